The van der Waals surface area contributed by atoms with E-state index in [2.05, 4.69) is 36.7 Å². The van der Waals surface area contributed by atoms with Crippen molar-refractivity contribution in [2.45, 2.75) is 25.5 Å². The second-order valence-electron chi connectivity index (χ2n) is 6.02. The van der Waals surface area contributed by atoms with Crippen molar-refractivity contribution < 1.29 is 4.79 Å². The number of hydrogen-bond donors (Lipinski definition) is 1. The Morgan fingerprint density at radius 3 is 2.68 bits per heavy atom. The number of benzene rings is 2. The Balaban J connectivity index is 1.60. The Morgan fingerprint density at radius 2 is 1.96 bits per heavy atom. The normalized spacial score (nSPS) is 11.1. The number of amides is 1. The molecule has 1 aromatic heterocycles. The van der Waals surface area contributed by atoms with Crippen LogP contribution in [0.2, 0.25) is 0 Å². The van der Waals surface area contributed by atoms with Gasteiger partial charge in [-0.25, -0.2) is 5.43 Å². The summed E-state index contributed by atoms with van der Waals surface area (Å²) in [5.74, 6) is 0.812. The number of nitrogens with zero attached hydrogens (tertiary/aromatic N) is 4. The molecule has 144 valence electrons. The number of nitrogens with one attached hydrogen (secondary N) is 1. The average Bonchev–Trinajstić information content (AvgIpc) is 3.11. The molecule has 0 unspecified atom stereocenters. The van der Waals surface area contributed by atoms with Gasteiger partial charge in [0.25, 0.3) is 5.91 Å². The average molecular weight is 458 g/mol. The van der Waals surface area contributed by atoms with E-state index in [0.29, 0.717) is 5.16 Å². The lowest BCUT2D eigenvalue weighted by Crippen LogP contribution is -2.20. The minimum atomic E-state index is -0.198. The smallest absolute Gasteiger partial charge is 0.250 e. The van der Waals surface area contributed by atoms with Crippen molar-refractivity contribution in [3.63, 3.8) is 0 Å². The van der Waals surface area contributed by atoms with Crippen LogP contribution in [-0.4, -0.2) is 32.6 Å². The number of carbonyl (C=O) groups is 1. The predicted octanol–water partition coefficient (Wildman–Crippen LogP) is 4.28. The van der Waals surface area contributed by atoms with Crippen LogP contribution >= 0.6 is 27.7 Å². The molecule has 0 saturated carbocycles. The first-order valence-corrected chi connectivity index (χ1v) is 10.6. The Kier molecular flexibility index (Phi) is 7.00. The van der Waals surface area contributed by atoms with E-state index in [4.69, 9.17) is 0 Å². The highest BCUT2D eigenvalue weighted by Crippen LogP contribution is 2.24. The first-order valence-electron chi connectivity index (χ1n) is 8.78. The molecule has 0 fully saturated rings. The monoisotopic (exact) mass is 457 g/mol. The molecule has 0 bridgehead atoms. The molecule has 1 heterocycles. The fourth-order valence-electron chi connectivity index (χ4n) is 2.51. The topological polar surface area (TPSA) is 72.2 Å². The number of halogens is 1. The number of rotatable bonds is 7. The molecule has 0 aliphatic rings. The molecule has 3 rings (SSSR count). The molecule has 0 aliphatic carbocycles. The molecule has 0 atom stereocenters. The summed E-state index contributed by atoms with van der Waals surface area (Å²) in [5.41, 5.74) is 5.64. The molecule has 0 spiro atoms. The molecular formula is C20H20BrN5OS. The van der Waals surface area contributed by atoms with Gasteiger partial charge in [-0.2, -0.15) is 5.10 Å². The van der Waals surface area contributed by atoms with E-state index in [1.807, 2.05) is 66.9 Å². The SMILES string of the molecule is CCn1c(SCC(=O)N/N=C\c2ccccc2Br)nnc1-c1ccc(C)cc1. The van der Waals surface area contributed by atoms with Crippen molar-refractivity contribution in [3.05, 3.63) is 64.1 Å². The van der Waals surface area contributed by atoms with Gasteiger partial charge in [0.05, 0.1) is 12.0 Å². The third-order valence-corrected chi connectivity index (χ3v) is 5.66. The van der Waals surface area contributed by atoms with E-state index in [0.717, 1.165) is 28.0 Å². The number of carbonyl (C=O) groups excluding carboxylic acids is 1. The minimum absolute atomic E-state index is 0.198. The zero-order valence-corrected chi connectivity index (χ0v) is 18.0. The first kappa shape index (κ1) is 20.3. The molecule has 3 aromatic rings. The zero-order valence-electron chi connectivity index (χ0n) is 15.6. The van der Waals surface area contributed by atoms with E-state index < -0.39 is 0 Å². The van der Waals surface area contributed by atoms with E-state index in [-0.39, 0.29) is 11.7 Å². The van der Waals surface area contributed by atoms with E-state index in [9.17, 15) is 4.79 Å². The van der Waals surface area contributed by atoms with Crippen LogP contribution < -0.4 is 5.43 Å². The molecular weight excluding hydrogens is 438 g/mol. The van der Waals surface area contributed by atoms with Crippen LogP contribution in [0.25, 0.3) is 11.4 Å². The standard InChI is InChI=1S/C20H20BrN5OS/c1-3-26-19(15-10-8-14(2)9-11-15)24-25-20(26)28-13-18(27)23-22-12-16-6-4-5-7-17(16)21/h4-12H,3,13H2,1-2H3,(H,23,27)/b22-12-. The zero-order chi connectivity index (χ0) is 19.9. The lowest BCUT2D eigenvalue weighted by molar-refractivity contribution is -0.118. The van der Waals surface area contributed by atoms with Crippen molar-refractivity contribution >= 4 is 39.8 Å². The van der Waals surface area contributed by atoms with Crippen molar-refractivity contribution in [1.82, 2.24) is 20.2 Å². The number of aromatic nitrogens is 3. The third-order valence-electron chi connectivity index (χ3n) is 3.97. The van der Waals surface area contributed by atoms with Crippen molar-refractivity contribution in [1.29, 1.82) is 0 Å². The molecule has 1 N–H and O–H groups in total. The van der Waals surface area contributed by atoms with Gasteiger partial charge < -0.3 is 4.57 Å². The fourth-order valence-corrected chi connectivity index (χ4v) is 3.69. The van der Waals surface area contributed by atoms with Gasteiger partial charge in [0, 0.05) is 22.1 Å². The maximum atomic E-state index is 12.1. The molecule has 6 nitrogen and oxygen atoms in total. The highest BCUT2D eigenvalue weighted by atomic mass is 79.9. The highest BCUT2D eigenvalue weighted by molar-refractivity contribution is 9.10. The lowest BCUT2D eigenvalue weighted by atomic mass is 10.1. The van der Waals surface area contributed by atoms with Crippen LogP contribution in [-0.2, 0) is 11.3 Å². The van der Waals surface area contributed by atoms with Crippen molar-refractivity contribution in [2.24, 2.45) is 5.10 Å². The molecule has 8 heteroatoms. The summed E-state index contributed by atoms with van der Waals surface area (Å²) in [6, 6.07) is 15.8. The van der Waals surface area contributed by atoms with Crippen LogP contribution in [0.1, 0.15) is 18.1 Å². The van der Waals surface area contributed by atoms with Crippen LogP contribution in [0.4, 0.5) is 0 Å². The van der Waals surface area contributed by atoms with Crippen LogP contribution in [0, 0.1) is 6.92 Å². The van der Waals surface area contributed by atoms with Crippen molar-refractivity contribution in [2.75, 3.05) is 5.75 Å². The van der Waals surface area contributed by atoms with Crippen LogP contribution in [0.15, 0.2) is 63.3 Å². The third kappa shape index (κ3) is 5.08. The van der Waals surface area contributed by atoms with Crippen molar-refractivity contribution in [3.8, 4) is 11.4 Å². The summed E-state index contributed by atoms with van der Waals surface area (Å²) in [4.78, 5) is 12.1. The Morgan fingerprint density at radius 1 is 1.21 bits per heavy atom. The summed E-state index contributed by atoms with van der Waals surface area (Å²) in [7, 11) is 0. The van der Waals surface area contributed by atoms with Crippen LogP contribution in [0.5, 0.6) is 0 Å². The van der Waals surface area contributed by atoms with E-state index >= 15 is 0 Å². The maximum Gasteiger partial charge on any atom is 0.250 e. The maximum absolute atomic E-state index is 12.1. The molecule has 28 heavy (non-hydrogen) atoms. The minimum Gasteiger partial charge on any atom is -0.302 e. The second-order valence-corrected chi connectivity index (χ2v) is 7.82. The Labute approximate surface area is 176 Å². The van der Waals surface area contributed by atoms with Gasteiger partial charge in [-0.15, -0.1) is 10.2 Å². The predicted molar refractivity (Wildman–Crippen MR) is 116 cm³/mol. The van der Waals surface area contributed by atoms with Gasteiger partial charge in [0.1, 0.15) is 0 Å². The second kappa shape index (κ2) is 9.66. The summed E-state index contributed by atoms with van der Waals surface area (Å²) in [6.07, 6.45) is 1.61. The molecule has 1 amide bonds. The Hall–Kier alpha value is -2.45. The van der Waals surface area contributed by atoms with E-state index in [1.165, 1.54) is 17.3 Å². The molecule has 2 aromatic carbocycles. The van der Waals surface area contributed by atoms with Gasteiger partial charge in [-0.1, -0.05) is 75.7 Å². The van der Waals surface area contributed by atoms with Gasteiger partial charge in [-0.3, -0.25) is 4.79 Å². The molecule has 0 aliphatic heterocycles. The quantitative estimate of drug-likeness (QED) is 0.326. The van der Waals surface area contributed by atoms with E-state index in [1.54, 1.807) is 6.21 Å². The summed E-state index contributed by atoms with van der Waals surface area (Å²) in [6.45, 7) is 4.81. The summed E-state index contributed by atoms with van der Waals surface area (Å²) in [5, 5.41) is 13.3. The number of aryl methyl sites for hydroxylation is 1. The molecule has 0 radical (unpaired) electrons. The summed E-state index contributed by atoms with van der Waals surface area (Å²) >= 11 is 4.78. The Bertz CT molecular complexity index is 985. The molecule has 0 saturated heterocycles. The number of thioether (sulfide) groups is 1. The van der Waals surface area contributed by atoms with Gasteiger partial charge >= 0.3 is 0 Å². The van der Waals surface area contributed by atoms with Gasteiger partial charge in [0.15, 0.2) is 11.0 Å². The number of hydrazone groups is 1. The fraction of sp³-hybridized carbons (Fsp3) is 0.200. The van der Waals surface area contributed by atoms with Gasteiger partial charge in [0.2, 0.25) is 0 Å². The summed E-state index contributed by atoms with van der Waals surface area (Å²) < 4.78 is 2.93. The number of hydrogen-bond acceptors (Lipinski definition) is 5. The highest BCUT2D eigenvalue weighted by Gasteiger charge is 2.14. The van der Waals surface area contributed by atoms with Gasteiger partial charge in [-0.05, 0) is 19.9 Å². The largest absolute Gasteiger partial charge is 0.302 e. The first-order chi connectivity index (χ1) is 13.6. The van der Waals surface area contributed by atoms with Crippen LogP contribution in [0.3, 0.4) is 0 Å². The lowest BCUT2D eigenvalue weighted by Gasteiger charge is -2.07.